The van der Waals surface area contributed by atoms with E-state index in [2.05, 4.69) is 83.1 Å². The van der Waals surface area contributed by atoms with Crippen LogP contribution < -0.4 is 0 Å². The van der Waals surface area contributed by atoms with Crippen LogP contribution in [-0.2, 0) is 53.9 Å². The highest BCUT2D eigenvalue weighted by Crippen LogP contribution is 2.42. The lowest BCUT2D eigenvalue weighted by atomic mass is 9.78. The summed E-state index contributed by atoms with van der Waals surface area (Å²) < 4.78 is 11.7. The minimum Gasteiger partial charge on any atom is -0.507 e. The average molecular weight is 609 g/mol. The van der Waals surface area contributed by atoms with Crippen molar-refractivity contribution in [3.63, 3.8) is 0 Å². The minimum absolute atomic E-state index is 0.0716. The van der Waals surface area contributed by atoms with Gasteiger partial charge in [-0.05, 0) is 92.1 Å². The smallest absolute Gasteiger partial charge is 0.310 e. The number of aromatic hydroxyl groups is 2. The lowest BCUT2D eigenvalue weighted by molar-refractivity contribution is -0.164. The number of benzene rings is 2. The zero-order valence-corrected chi connectivity index (χ0v) is 29.2. The van der Waals surface area contributed by atoms with E-state index in [9.17, 15) is 19.8 Å². The van der Waals surface area contributed by atoms with Crippen LogP contribution >= 0.6 is 0 Å². The number of carbonyl (C=O) groups excluding carboxylic acids is 2. The van der Waals surface area contributed by atoms with Gasteiger partial charge in [-0.15, -0.1) is 0 Å². The zero-order valence-electron chi connectivity index (χ0n) is 29.2. The Kier molecular flexibility index (Phi) is 10.3. The largest absolute Gasteiger partial charge is 0.507 e. The molecule has 0 saturated heterocycles. The van der Waals surface area contributed by atoms with E-state index in [-0.39, 0.29) is 58.3 Å². The van der Waals surface area contributed by atoms with Crippen molar-refractivity contribution in [2.75, 3.05) is 0 Å². The fourth-order valence-electron chi connectivity index (χ4n) is 6.06. The van der Waals surface area contributed by atoms with Gasteiger partial charge in [-0.1, -0.05) is 95.9 Å². The molecule has 6 heteroatoms. The van der Waals surface area contributed by atoms with Crippen LogP contribution in [0.5, 0.6) is 11.5 Å². The Labute approximate surface area is 265 Å². The third-order valence-corrected chi connectivity index (χ3v) is 8.71. The molecule has 3 rings (SSSR count). The summed E-state index contributed by atoms with van der Waals surface area (Å²) in [5.41, 5.74) is 3.73. The first-order valence-corrected chi connectivity index (χ1v) is 16.1. The molecule has 0 aliphatic heterocycles. The first kappa shape index (κ1) is 35.5. The summed E-state index contributed by atoms with van der Waals surface area (Å²) >= 11 is 0. The molecule has 0 spiro atoms. The maximum atomic E-state index is 13.4. The van der Waals surface area contributed by atoms with Gasteiger partial charge in [0.05, 0.1) is 11.8 Å². The summed E-state index contributed by atoms with van der Waals surface area (Å²) in [5, 5.41) is 22.1. The van der Waals surface area contributed by atoms with Crippen LogP contribution in [0.2, 0.25) is 0 Å². The van der Waals surface area contributed by atoms with Crippen LogP contribution in [0.1, 0.15) is 142 Å². The normalized spacial score (nSPS) is 18.2. The third kappa shape index (κ3) is 8.37. The third-order valence-electron chi connectivity index (χ3n) is 8.71. The van der Waals surface area contributed by atoms with E-state index in [4.69, 9.17) is 9.47 Å². The maximum absolute atomic E-state index is 13.4. The van der Waals surface area contributed by atoms with E-state index in [0.29, 0.717) is 12.8 Å². The van der Waals surface area contributed by atoms with Crippen LogP contribution in [0.25, 0.3) is 0 Å². The number of phenols is 2. The van der Waals surface area contributed by atoms with Gasteiger partial charge in [0.15, 0.2) is 0 Å². The monoisotopic (exact) mass is 608 g/mol. The highest BCUT2D eigenvalue weighted by molar-refractivity contribution is 5.82. The van der Waals surface area contributed by atoms with Crippen molar-refractivity contribution in [2.45, 2.75) is 144 Å². The number of ether oxygens (including phenoxy) is 2. The molecular formula is C38H56O6. The first-order valence-electron chi connectivity index (χ1n) is 16.1. The number of phenolic OH excluding ortho intramolecular Hbond substituents is 2. The molecular weight excluding hydrogens is 552 g/mol. The molecule has 0 amide bonds. The second kappa shape index (κ2) is 12.8. The molecule has 2 unspecified atom stereocenters. The van der Waals surface area contributed by atoms with Gasteiger partial charge in [-0.2, -0.15) is 0 Å². The van der Waals surface area contributed by atoms with Crippen LogP contribution in [0.4, 0.5) is 0 Å². The predicted molar refractivity (Wildman–Crippen MR) is 176 cm³/mol. The van der Waals surface area contributed by atoms with Gasteiger partial charge in [-0.3, -0.25) is 9.59 Å². The molecule has 1 aliphatic carbocycles. The molecule has 0 heterocycles. The lowest BCUT2D eigenvalue weighted by Crippen LogP contribution is -2.35. The first-order chi connectivity index (χ1) is 20.0. The summed E-state index contributed by atoms with van der Waals surface area (Å²) in [4.78, 5) is 26.9. The predicted octanol–water partition coefficient (Wildman–Crippen LogP) is 8.88. The number of carbonyl (C=O) groups is 2. The molecule has 2 N–H and O–H groups in total. The number of rotatable bonds is 6. The summed E-state index contributed by atoms with van der Waals surface area (Å²) in [5.74, 6) is -1.32. The second-order valence-electron chi connectivity index (χ2n) is 16.8. The van der Waals surface area contributed by atoms with E-state index in [1.807, 2.05) is 24.3 Å². The molecule has 2 aromatic rings. The van der Waals surface area contributed by atoms with E-state index < -0.39 is 11.8 Å². The summed E-state index contributed by atoms with van der Waals surface area (Å²) in [6.45, 7) is 24.7. The molecule has 1 fully saturated rings. The van der Waals surface area contributed by atoms with Crippen molar-refractivity contribution in [1.29, 1.82) is 0 Å². The molecule has 0 bridgehead atoms. The van der Waals surface area contributed by atoms with Crippen molar-refractivity contribution in [2.24, 2.45) is 11.8 Å². The lowest BCUT2D eigenvalue weighted by Gasteiger charge is -2.30. The molecule has 2 atom stereocenters. The number of hydrogen-bond acceptors (Lipinski definition) is 6. The van der Waals surface area contributed by atoms with Crippen LogP contribution in [-0.4, -0.2) is 22.2 Å². The van der Waals surface area contributed by atoms with E-state index in [1.54, 1.807) is 0 Å². The zero-order chi connectivity index (χ0) is 33.4. The van der Waals surface area contributed by atoms with Gasteiger partial charge in [0.2, 0.25) is 0 Å². The summed E-state index contributed by atoms with van der Waals surface area (Å²) in [7, 11) is 0. The van der Waals surface area contributed by atoms with E-state index in [1.165, 1.54) is 0 Å². The second-order valence-corrected chi connectivity index (χ2v) is 16.8. The summed E-state index contributed by atoms with van der Waals surface area (Å²) in [6.07, 6.45) is 2.87. The van der Waals surface area contributed by atoms with Crippen LogP contribution in [0.3, 0.4) is 0 Å². The standard InChI is InChI=1S/C38H56O6/c1-35(2,3)27-17-23(18-28(31(27)39)36(4,5)6)21-43-33(41)25-15-13-14-16-26(25)34(42)44-22-24-19-29(37(7,8)9)32(40)30(20-24)38(10,11)12/h17-20,25-26,39-40H,13-16,21-22H2,1-12H3. The minimum atomic E-state index is -0.562. The van der Waals surface area contributed by atoms with Gasteiger partial charge in [0.1, 0.15) is 24.7 Å². The van der Waals surface area contributed by atoms with Gasteiger partial charge >= 0.3 is 11.9 Å². The Morgan fingerprint density at radius 3 is 1.05 bits per heavy atom. The van der Waals surface area contributed by atoms with Crippen molar-refractivity contribution in [1.82, 2.24) is 0 Å². The van der Waals surface area contributed by atoms with Gasteiger partial charge in [0.25, 0.3) is 0 Å². The highest BCUT2D eigenvalue weighted by Gasteiger charge is 2.38. The Balaban J connectivity index is 1.78. The number of hydrogen-bond donors (Lipinski definition) is 2. The fourth-order valence-corrected chi connectivity index (χ4v) is 6.06. The van der Waals surface area contributed by atoms with Gasteiger partial charge < -0.3 is 19.7 Å². The van der Waals surface area contributed by atoms with E-state index >= 15 is 0 Å². The SMILES string of the molecule is CC(C)(C)c1cc(COC(=O)C2CCCCC2C(=O)OCc2cc(C(C)(C)C)c(O)c(C(C)(C)C)c2)cc(C(C)(C)C)c1O. The van der Waals surface area contributed by atoms with Crippen LogP contribution in [0, 0.1) is 11.8 Å². The summed E-state index contributed by atoms with van der Waals surface area (Å²) in [6, 6.07) is 7.67. The fraction of sp³-hybridized carbons (Fsp3) is 0.632. The maximum Gasteiger partial charge on any atom is 0.310 e. The average Bonchev–Trinajstić information content (AvgIpc) is 2.88. The van der Waals surface area contributed by atoms with Crippen molar-refractivity contribution in [3.05, 3.63) is 57.6 Å². The Morgan fingerprint density at radius 2 is 0.818 bits per heavy atom. The molecule has 44 heavy (non-hydrogen) atoms. The van der Waals surface area contributed by atoms with Crippen LogP contribution in [0.15, 0.2) is 24.3 Å². The van der Waals surface area contributed by atoms with Gasteiger partial charge in [-0.25, -0.2) is 0 Å². The van der Waals surface area contributed by atoms with E-state index in [0.717, 1.165) is 46.2 Å². The number of esters is 2. The molecule has 244 valence electrons. The topological polar surface area (TPSA) is 93.1 Å². The Morgan fingerprint density at radius 1 is 0.568 bits per heavy atom. The highest BCUT2D eigenvalue weighted by atomic mass is 16.5. The molecule has 0 radical (unpaired) electrons. The quantitative estimate of drug-likeness (QED) is 0.318. The molecule has 1 aliphatic rings. The Bertz CT molecular complexity index is 1180. The Hall–Kier alpha value is -3.02. The van der Waals surface area contributed by atoms with Crippen molar-refractivity contribution < 1.29 is 29.3 Å². The van der Waals surface area contributed by atoms with Gasteiger partial charge in [0, 0.05) is 0 Å². The molecule has 2 aromatic carbocycles. The van der Waals surface area contributed by atoms with Crippen molar-refractivity contribution >= 4 is 11.9 Å². The van der Waals surface area contributed by atoms with Crippen molar-refractivity contribution in [3.8, 4) is 11.5 Å². The molecule has 0 aromatic heterocycles. The molecule has 6 nitrogen and oxygen atoms in total. The molecule has 1 saturated carbocycles.